The summed E-state index contributed by atoms with van der Waals surface area (Å²) in [5.41, 5.74) is 4.42. The fraction of sp³-hybridized carbons (Fsp3) is 0.455. The molecule has 42 heavy (non-hydrogen) atoms. The van der Waals surface area contributed by atoms with Crippen molar-refractivity contribution in [2.45, 2.75) is 71.0 Å². The van der Waals surface area contributed by atoms with Crippen LogP contribution in [0.15, 0.2) is 42.7 Å². The molecule has 0 radical (unpaired) electrons. The number of aromatic hydroxyl groups is 1. The van der Waals surface area contributed by atoms with Crippen LogP contribution in [0.5, 0.6) is 11.6 Å². The van der Waals surface area contributed by atoms with Gasteiger partial charge in [-0.15, -0.1) is 11.8 Å². The molecule has 1 fully saturated rings. The van der Waals surface area contributed by atoms with Gasteiger partial charge in [0, 0.05) is 42.5 Å². The fourth-order valence-corrected chi connectivity index (χ4v) is 13.1. The molecule has 0 atom stereocenters. The van der Waals surface area contributed by atoms with Gasteiger partial charge in [-0.3, -0.25) is 9.78 Å². The summed E-state index contributed by atoms with van der Waals surface area (Å²) < 4.78 is 22.6. The van der Waals surface area contributed by atoms with Crippen LogP contribution in [0.2, 0.25) is 16.6 Å². The van der Waals surface area contributed by atoms with Crippen molar-refractivity contribution in [3.8, 4) is 11.6 Å². The first-order valence-corrected chi connectivity index (χ1v) is 18.1. The third kappa shape index (κ3) is 5.41. The number of aryl methyl sites for hydroxylation is 1. The molecule has 2 aromatic heterocycles. The second kappa shape index (κ2) is 11.9. The normalized spacial score (nSPS) is 14.3. The number of halogens is 1. The zero-order valence-electron chi connectivity index (χ0n) is 25.7. The predicted octanol–water partition coefficient (Wildman–Crippen LogP) is 7.79. The smallest absolute Gasteiger partial charge is 0.258 e. The highest BCUT2D eigenvalue weighted by molar-refractivity contribution is 7.99. The maximum absolute atomic E-state index is 13.6. The Balaban J connectivity index is 1.77. The van der Waals surface area contributed by atoms with Crippen LogP contribution < -0.4 is 4.43 Å². The Kier molecular flexibility index (Phi) is 8.63. The Hall–Kier alpha value is -3.04. The monoisotopic (exact) mass is 607 g/mol. The van der Waals surface area contributed by atoms with E-state index in [0.717, 1.165) is 39.8 Å². The topological polar surface area (TPSA) is 67.6 Å². The minimum atomic E-state index is -2.44. The Morgan fingerprint density at radius 2 is 1.74 bits per heavy atom. The predicted molar refractivity (Wildman–Crippen MR) is 174 cm³/mol. The maximum Gasteiger partial charge on any atom is 0.258 e. The van der Waals surface area contributed by atoms with Crippen molar-refractivity contribution in [3.63, 3.8) is 0 Å². The molecule has 2 aromatic carbocycles. The Morgan fingerprint density at radius 3 is 2.33 bits per heavy atom. The molecule has 1 aliphatic rings. The van der Waals surface area contributed by atoms with Crippen molar-refractivity contribution < 1.29 is 18.7 Å². The van der Waals surface area contributed by atoms with Gasteiger partial charge in [-0.2, -0.15) is 0 Å². The number of nitrogens with zero attached hydrogens (tertiary/aromatic N) is 3. The highest BCUT2D eigenvalue weighted by Gasteiger charge is 2.48. The van der Waals surface area contributed by atoms with Gasteiger partial charge in [-0.25, -0.2) is 4.39 Å². The zero-order chi connectivity index (χ0) is 30.3. The number of fused-ring (bicyclic) bond motifs is 2. The lowest BCUT2D eigenvalue weighted by molar-refractivity contribution is -0.128. The summed E-state index contributed by atoms with van der Waals surface area (Å²) in [4.78, 5) is 20.4. The third-order valence-corrected chi connectivity index (χ3v) is 15.9. The second-order valence-corrected chi connectivity index (χ2v) is 18.9. The van der Waals surface area contributed by atoms with Crippen LogP contribution in [-0.4, -0.2) is 52.0 Å². The standard InChI is InChI=1S/C33H42FN3O3SSi/c1-20(2)42(21(3)4,22(5)6)40-32-30-28(18-36(7)33(30)39)26(16-29(38)37-12-13-41-19-37)27-15-24(17-35-31(27)32)14-23-8-10-25(34)11-9-23/h8-11,15,17-18,20-22,39H,12-14,16,19H2,1-7H3. The summed E-state index contributed by atoms with van der Waals surface area (Å²) in [5, 5.41) is 13.7. The van der Waals surface area contributed by atoms with Crippen molar-refractivity contribution in [2.75, 3.05) is 18.2 Å². The van der Waals surface area contributed by atoms with Gasteiger partial charge in [0.1, 0.15) is 17.1 Å². The zero-order valence-corrected chi connectivity index (χ0v) is 27.5. The Bertz CT molecular complexity index is 1590. The van der Waals surface area contributed by atoms with Crippen LogP contribution in [0.25, 0.3) is 21.7 Å². The van der Waals surface area contributed by atoms with E-state index in [2.05, 4.69) is 47.6 Å². The molecule has 4 aromatic rings. The summed E-state index contributed by atoms with van der Waals surface area (Å²) in [6.07, 6.45) is 4.54. The number of benzene rings is 2. The summed E-state index contributed by atoms with van der Waals surface area (Å²) >= 11 is 1.76. The lowest BCUT2D eigenvalue weighted by atomic mass is 9.96. The average Bonchev–Trinajstić information content (AvgIpc) is 3.58. The number of pyridine rings is 1. The largest absolute Gasteiger partial charge is 0.541 e. The fourth-order valence-electron chi connectivity index (χ4n) is 6.88. The Morgan fingerprint density at radius 1 is 1.07 bits per heavy atom. The van der Waals surface area contributed by atoms with Crippen LogP contribution in [0, 0.1) is 5.82 Å². The molecule has 6 nitrogen and oxygen atoms in total. The van der Waals surface area contributed by atoms with Crippen LogP contribution in [0.4, 0.5) is 4.39 Å². The van der Waals surface area contributed by atoms with Crippen molar-refractivity contribution in [2.24, 2.45) is 7.05 Å². The maximum atomic E-state index is 13.6. The van der Waals surface area contributed by atoms with Gasteiger partial charge in [0.15, 0.2) is 0 Å². The molecule has 9 heteroatoms. The van der Waals surface area contributed by atoms with Gasteiger partial charge in [0.25, 0.3) is 8.32 Å². The molecule has 3 heterocycles. The highest BCUT2D eigenvalue weighted by Crippen LogP contribution is 2.49. The van der Waals surface area contributed by atoms with Crippen LogP contribution in [0.3, 0.4) is 0 Å². The van der Waals surface area contributed by atoms with E-state index in [1.165, 1.54) is 12.1 Å². The average molecular weight is 608 g/mol. The van der Waals surface area contributed by atoms with Gasteiger partial charge in [0.05, 0.1) is 17.7 Å². The molecule has 1 amide bonds. The summed E-state index contributed by atoms with van der Waals surface area (Å²) in [6.45, 7) is 14.2. The minimum absolute atomic E-state index is 0.0683. The molecule has 0 unspecified atom stereocenters. The quantitative estimate of drug-likeness (QED) is 0.197. The second-order valence-electron chi connectivity index (χ2n) is 12.5. The van der Waals surface area contributed by atoms with E-state index in [9.17, 15) is 14.3 Å². The van der Waals surface area contributed by atoms with Crippen LogP contribution >= 0.6 is 11.8 Å². The summed E-state index contributed by atoms with van der Waals surface area (Å²) in [6, 6.07) is 8.62. The van der Waals surface area contributed by atoms with Crippen LogP contribution in [0.1, 0.15) is 58.2 Å². The number of rotatable bonds is 9. The number of amides is 1. The first-order chi connectivity index (χ1) is 19.9. The molecule has 5 rings (SSSR count). The minimum Gasteiger partial charge on any atom is -0.541 e. The van der Waals surface area contributed by atoms with Crippen molar-refractivity contribution in [1.82, 2.24) is 14.5 Å². The van der Waals surface area contributed by atoms with Gasteiger partial charge in [-0.1, -0.05) is 53.7 Å². The van der Waals surface area contributed by atoms with E-state index < -0.39 is 8.32 Å². The highest BCUT2D eigenvalue weighted by atomic mass is 32.2. The first kappa shape index (κ1) is 30.4. The SMILES string of the molecule is CC(C)[Si](Oc1c2ncc(Cc3ccc(F)cc3)cc2c(CC(=O)N2CCSC2)c2cn(C)c(O)c12)(C(C)C)C(C)C. The number of carbonyl (C=O) groups excluding carboxylic acids is 1. The molecule has 1 saturated heterocycles. The van der Waals surface area contributed by atoms with E-state index in [1.54, 1.807) is 28.5 Å². The molecule has 0 saturated carbocycles. The summed E-state index contributed by atoms with van der Waals surface area (Å²) in [5.74, 6) is 2.17. The first-order valence-electron chi connectivity index (χ1n) is 14.8. The number of aromatic nitrogens is 2. The number of hydrogen-bond acceptors (Lipinski definition) is 5. The Labute approximate surface area is 253 Å². The molecule has 1 aliphatic heterocycles. The van der Waals surface area contributed by atoms with Crippen LogP contribution in [-0.2, 0) is 24.7 Å². The number of hydrogen-bond donors (Lipinski definition) is 1. The van der Waals surface area contributed by atoms with Crippen molar-refractivity contribution in [3.05, 3.63) is 65.2 Å². The molecule has 0 bridgehead atoms. The number of thioether (sulfide) groups is 1. The van der Waals surface area contributed by atoms with Crippen molar-refractivity contribution >= 4 is 47.7 Å². The van der Waals surface area contributed by atoms with E-state index in [1.807, 2.05) is 24.3 Å². The number of carbonyl (C=O) groups is 1. The third-order valence-electron chi connectivity index (χ3n) is 8.93. The van der Waals surface area contributed by atoms with Crippen molar-refractivity contribution in [1.29, 1.82) is 0 Å². The molecule has 1 N–H and O–H groups in total. The van der Waals surface area contributed by atoms with Gasteiger partial charge < -0.3 is 19.0 Å². The van der Waals surface area contributed by atoms with Gasteiger partial charge in [-0.05, 0) is 57.9 Å². The van der Waals surface area contributed by atoms with E-state index in [-0.39, 0.29) is 24.0 Å². The van der Waals surface area contributed by atoms with E-state index in [4.69, 9.17) is 9.41 Å². The molecular formula is C33H42FN3O3SSi. The van der Waals surface area contributed by atoms with Gasteiger partial charge >= 0.3 is 0 Å². The molecule has 0 aliphatic carbocycles. The lowest BCUT2D eigenvalue weighted by Crippen LogP contribution is -2.50. The molecule has 0 spiro atoms. The van der Waals surface area contributed by atoms with E-state index >= 15 is 0 Å². The molecular weight excluding hydrogens is 566 g/mol. The lowest BCUT2D eigenvalue weighted by Gasteiger charge is -2.42. The van der Waals surface area contributed by atoms with Gasteiger partial charge in [0.2, 0.25) is 11.8 Å². The molecule has 224 valence electrons. The van der Waals surface area contributed by atoms with E-state index in [0.29, 0.717) is 45.6 Å². The summed E-state index contributed by atoms with van der Waals surface area (Å²) in [7, 11) is -0.624.